The van der Waals surface area contributed by atoms with E-state index in [-0.39, 0.29) is 0 Å². The third kappa shape index (κ3) is 3.38. The third-order valence-electron chi connectivity index (χ3n) is 3.88. The Bertz CT molecular complexity index is 904. The molecule has 0 spiro atoms. The van der Waals surface area contributed by atoms with Crippen LogP contribution in [0, 0.1) is 6.92 Å². The molecule has 0 saturated carbocycles. The van der Waals surface area contributed by atoms with Crippen molar-refractivity contribution in [3.63, 3.8) is 0 Å². The second-order valence-electron chi connectivity index (χ2n) is 5.56. The van der Waals surface area contributed by atoms with Crippen LogP contribution in [0.3, 0.4) is 0 Å². The van der Waals surface area contributed by atoms with Crippen molar-refractivity contribution in [3.05, 3.63) is 41.5 Å². The van der Waals surface area contributed by atoms with E-state index in [0.717, 1.165) is 27.8 Å². The first-order valence-corrected chi connectivity index (χ1v) is 9.44. The lowest BCUT2D eigenvalue weighted by molar-refractivity contribution is 0.286. The smallest absolute Gasteiger partial charge is 0.329 e. The average Bonchev–Trinajstić information content (AvgIpc) is 3.03. The molecule has 2 aromatic carbocycles. The van der Waals surface area contributed by atoms with Crippen LogP contribution < -0.4 is 9.47 Å². The number of fused-ring (bicyclic) bond motifs is 1. The number of nitrogens with zero attached hydrogens (tertiary/aromatic N) is 1. The summed E-state index contributed by atoms with van der Waals surface area (Å²) in [7, 11) is -0.437. The van der Waals surface area contributed by atoms with E-state index >= 15 is 0 Å². The SMILES string of the molecule is CCOc1c(C[PH+]=O)ccc(-c2nc3c(C)cccc3o2)c1OCC. The molecule has 0 N–H and O–H groups in total. The molecular weight excluding hydrogens is 337 g/mol. The number of hydrogen-bond acceptors (Lipinski definition) is 5. The lowest BCUT2D eigenvalue weighted by atomic mass is 10.1. The first-order chi connectivity index (χ1) is 12.2. The molecule has 0 aliphatic carbocycles. The minimum Gasteiger partial charge on any atom is -0.490 e. The molecule has 1 unspecified atom stereocenters. The number of ether oxygens (including phenoxy) is 2. The van der Waals surface area contributed by atoms with Gasteiger partial charge in [-0.25, -0.2) is 4.98 Å². The summed E-state index contributed by atoms with van der Waals surface area (Å²) in [4.78, 5) is 4.64. The second-order valence-corrected chi connectivity index (χ2v) is 6.20. The number of rotatable bonds is 7. The maximum Gasteiger partial charge on any atom is 0.329 e. The first-order valence-electron chi connectivity index (χ1n) is 8.32. The number of aromatic nitrogens is 1. The molecule has 0 aliphatic heterocycles. The summed E-state index contributed by atoms with van der Waals surface area (Å²) < 4.78 is 28.8. The summed E-state index contributed by atoms with van der Waals surface area (Å²) in [6.07, 6.45) is 0.419. The van der Waals surface area contributed by atoms with Crippen LogP contribution in [-0.2, 0) is 10.7 Å². The average molecular weight is 358 g/mol. The van der Waals surface area contributed by atoms with E-state index in [1.165, 1.54) is 0 Å². The molecule has 6 heteroatoms. The minimum absolute atomic E-state index is 0.419. The van der Waals surface area contributed by atoms with Crippen LogP contribution in [-0.4, -0.2) is 18.2 Å². The highest BCUT2D eigenvalue weighted by Gasteiger charge is 2.22. The predicted molar refractivity (Wildman–Crippen MR) is 99.2 cm³/mol. The molecule has 5 nitrogen and oxygen atoms in total. The van der Waals surface area contributed by atoms with Gasteiger partial charge in [0.25, 0.3) is 0 Å². The zero-order chi connectivity index (χ0) is 17.8. The molecule has 0 amide bonds. The number of oxazole rings is 1. The summed E-state index contributed by atoms with van der Waals surface area (Å²) >= 11 is 0. The standard InChI is InChI=1S/C19H20NO4P/c1-4-22-17-13(11-25-21)9-10-14(18(17)23-5-2)19-20-16-12(3)7-6-8-15(16)24-19/h6-10H,4-5,11H2,1-3H3/p+1. The van der Waals surface area contributed by atoms with E-state index in [9.17, 15) is 4.57 Å². The molecule has 1 aromatic heterocycles. The fraction of sp³-hybridized carbons (Fsp3) is 0.316. The first kappa shape index (κ1) is 17.4. The van der Waals surface area contributed by atoms with Crippen LogP contribution in [0.2, 0.25) is 0 Å². The van der Waals surface area contributed by atoms with Gasteiger partial charge in [-0.1, -0.05) is 16.7 Å². The van der Waals surface area contributed by atoms with Gasteiger partial charge in [0.2, 0.25) is 5.89 Å². The molecule has 0 radical (unpaired) electrons. The van der Waals surface area contributed by atoms with Crippen LogP contribution in [0.4, 0.5) is 0 Å². The number of hydrogen-bond donors (Lipinski definition) is 0. The maximum atomic E-state index is 11.1. The van der Waals surface area contributed by atoms with Crippen molar-refractivity contribution >= 4 is 19.6 Å². The lowest BCUT2D eigenvalue weighted by Crippen LogP contribution is -2.03. The van der Waals surface area contributed by atoms with Crippen molar-refractivity contribution in [2.75, 3.05) is 13.2 Å². The highest BCUT2D eigenvalue weighted by Crippen LogP contribution is 2.42. The summed E-state index contributed by atoms with van der Waals surface area (Å²) in [5.41, 5.74) is 4.22. The molecule has 130 valence electrons. The molecular formula is C19H21NO4P+. The van der Waals surface area contributed by atoms with Crippen molar-refractivity contribution < 1.29 is 18.5 Å². The highest BCUT2D eigenvalue weighted by atomic mass is 31.1. The monoisotopic (exact) mass is 358 g/mol. The molecule has 3 rings (SSSR count). The Labute approximate surface area is 148 Å². The van der Waals surface area contributed by atoms with Gasteiger partial charge in [0.1, 0.15) is 5.52 Å². The molecule has 0 saturated heterocycles. The van der Waals surface area contributed by atoms with Gasteiger partial charge in [0.05, 0.1) is 18.8 Å². The Morgan fingerprint density at radius 3 is 2.52 bits per heavy atom. The molecule has 0 fully saturated rings. The van der Waals surface area contributed by atoms with Crippen LogP contribution in [0.25, 0.3) is 22.6 Å². The summed E-state index contributed by atoms with van der Waals surface area (Å²) in [5.74, 6) is 1.69. The Morgan fingerprint density at radius 2 is 1.84 bits per heavy atom. The van der Waals surface area contributed by atoms with Gasteiger partial charge in [-0.2, -0.15) is 0 Å². The normalized spacial score (nSPS) is 11.2. The predicted octanol–water partition coefficient (Wildman–Crippen LogP) is 5.12. The second kappa shape index (κ2) is 7.66. The number of para-hydroxylation sites is 1. The van der Waals surface area contributed by atoms with E-state index in [0.29, 0.717) is 36.8 Å². The third-order valence-corrected chi connectivity index (χ3v) is 4.41. The molecule has 25 heavy (non-hydrogen) atoms. The van der Waals surface area contributed by atoms with Gasteiger partial charge >= 0.3 is 8.46 Å². The van der Waals surface area contributed by atoms with Crippen LogP contribution >= 0.6 is 8.46 Å². The summed E-state index contributed by atoms with van der Waals surface area (Å²) in [5, 5.41) is 0. The summed E-state index contributed by atoms with van der Waals surface area (Å²) in [6.45, 7) is 6.80. The lowest BCUT2D eigenvalue weighted by Gasteiger charge is -2.15. The largest absolute Gasteiger partial charge is 0.490 e. The minimum atomic E-state index is -0.437. The summed E-state index contributed by atoms with van der Waals surface area (Å²) in [6, 6.07) is 9.63. The van der Waals surface area contributed by atoms with E-state index in [1.54, 1.807) is 0 Å². The molecule has 0 aliphatic rings. The van der Waals surface area contributed by atoms with E-state index in [4.69, 9.17) is 13.9 Å². The van der Waals surface area contributed by atoms with Crippen molar-refractivity contribution in [1.29, 1.82) is 0 Å². The fourth-order valence-electron chi connectivity index (χ4n) is 2.78. The van der Waals surface area contributed by atoms with Gasteiger partial charge in [0, 0.05) is 5.56 Å². The quantitative estimate of drug-likeness (QED) is 0.548. The van der Waals surface area contributed by atoms with Crippen molar-refractivity contribution in [1.82, 2.24) is 4.98 Å². The van der Waals surface area contributed by atoms with E-state index in [2.05, 4.69) is 4.98 Å². The van der Waals surface area contributed by atoms with E-state index in [1.807, 2.05) is 51.1 Å². The number of aryl methyl sites for hydroxylation is 1. The maximum absolute atomic E-state index is 11.1. The highest BCUT2D eigenvalue weighted by molar-refractivity contribution is 7.22. The zero-order valence-corrected chi connectivity index (χ0v) is 15.6. The van der Waals surface area contributed by atoms with Gasteiger partial charge < -0.3 is 13.9 Å². The van der Waals surface area contributed by atoms with Crippen molar-refractivity contribution in [3.8, 4) is 23.0 Å². The number of benzene rings is 2. The van der Waals surface area contributed by atoms with Crippen LogP contribution in [0.5, 0.6) is 11.5 Å². The van der Waals surface area contributed by atoms with Gasteiger partial charge in [-0.05, 0) is 44.5 Å². The molecule has 1 heterocycles. The molecule has 1 atom stereocenters. The van der Waals surface area contributed by atoms with Crippen molar-refractivity contribution in [2.24, 2.45) is 0 Å². The Morgan fingerprint density at radius 1 is 1.08 bits per heavy atom. The Hall–Kier alpha value is -2.39. The van der Waals surface area contributed by atoms with Gasteiger partial charge in [-0.15, -0.1) is 0 Å². The Kier molecular flexibility index (Phi) is 5.34. The topological polar surface area (TPSA) is 61.6 Å². The zero-order valence-electron chi connectivity index (χ0n) is 14.6. The molecule has 0 bridgehead atoms. The van der Waals surface area contributed by atoms with E-state index < -0.39 is 8.46 Å². The Balaban J connectivity index is 2.20. The van der Waals surface area contributed by atoms with Gasteiger partial charge in [-0.3, -0.25) is 0 Å². The van der Waals surface area contributed by atoms with Crippen LogP contribution in [0.1, 0.15) is 25.0 Å². The van der Waals surface area contributed by atoms with Gasteiger partial charge in [0.15, 0.2) is 23.2 Å². The fourth-order valence-corrected chi connectivity index (χ4v) is 3.21. The van der Waals surface area contributed by atoms with Crippen LogP contribution in [0.15, 0.2) is 34.7 Å². The molecule has 3 aromatic rings. The van der Waals surface area contributed by atoms with Crippen molar-refractivity contribution in [2.45, 2.75) is 26.9 Å².